The first-order chi connectivity index (χ1) is 14.1. The number of thioether (sulfide) groups is 1. The van der Waals surface area contributed by atoms with Crippen molar-refractivity contribution in [2.45, 2.75) is 25.0 Å². The van der Waals surface area contributed by atoms with Gasteiger partial charge in [-0.1, -0.05) is 11.6 Å². The average Bonchev–Trinajstić information content (AvgIpc) is 2.69. The van der Waals surface area contributed by atoms with Crippen molar-refractivity contribution in [1.82, 2.24) is 20.6 Å². The van der Waals surface area contributed by atoms with E-state index < -0.39 is 4.92 Å². The summed E-state index contributed by atoms with van der Waals surface area (Å²) < 4.78 is 0. The molecule has 0 aliphatic carbocycles. The van der Waals surface area contributed by atoms with E-state index in [1.165, 1.54) is 0 Å². The summed E-state index contributed by atoms with van der Waals surface area (Å²) in [6.07, 6.45) is 6.76. The van der Waals surface area contributed by atoms with Crippen molar-refractivity contribution >= 4 is 23.4 Å². The van der Waals surface area contributed by atoms with Crippen molar-refractivity contribution in [2.75, 3.05) is 18.8 Å². The van der Waals surface area contributed by atoms with Crippen LogP contribution in [0.5, 0.6) is 5.75 Å². The van der Waals surface area contributed by atoms with Gasteiger partial charge in [-0.05, 0) is 43.5 Å². The Morgan fingerprint density at radius 1 is 1.17 bits per heavy atom. The molecule has 2 aromatic rings. The number of nitrogens with zero attached hydrogens (tertiary/aromatic N) is 3. The Hall–Kier alpha value is -2.52. The summed E-state index contributed by atoms with van der Waals surface area (Å²) in [5, 5.41) is 27.3. The minimum atomic E-state index is -0.484. The van der Waals surface area contributed by atoms with E-state index in [2.05, 4.69) is 20.6 Å². The topological polar surface area (TPSA) is 113 Å². The number of hydrogen-bond donors (Lipinski definition) is 3. The van der Waals surface area contributed by atoms with Crippen molar-refractivity contribution in [1.29, 1.82) is 0 Å². The Morgan fingerprint density at radius 2 is 1.90 bits per heavy atom. The zero-order valence-electron chi connectivity index (χ0n) is 15.9. The molecule has 0 unspecified atom stereocenters. The van der Waals surface area contributed by atoms with Gasteiger partial charge < -0.3 is 15.7 Å². The first-order valence-electron chi connectivity index (χ1n) is 9.19. The maximum absolute atomic E-state index is 10.8. The predicted molar refractivity (Wildman–Crippen MR) is 115 cm³/mol. The van der Waals surface area contributed by atoms with E-state index in [9.17, 15) is 15.2 Å². The highest BCUT2D eigenvalue weighted by Gasteiger charge is 2.05. The fourth-order valence-corrected chi connectivity index (χ4v) is 3.49. The van der Waals surface area contributed by atoms with Crippen molar-refractivity contribution < 1.29 is 10.0 Å². The van der Waals surface area contributed by atoms with Crippen molar-refractivity contribution in [2.24, 2.45) is 0 Å². The summed E-state index contributed by atoms with van der Waals surface area (Å²) in [6.45, 7) is 1.15. The Morgan fingerprint density at radius 3 is 2.62 bits per heavy atom. The molecule has 0 saturated carbocycles. The number of aryl methyl sites for hydroxylation is 1. The molecular weight excluding hydrogens is 414 g/mol. The fourth-order valence-electron chi connectivity index (χ4n) is 2.47. The van der Waals surface area contributed by atoms with Crippen LogP contribution in [-0.2, 0) is 12.2 Å². The van der Waals surface area contributed by atoms with Gasteiger partial charge in [0.05, 0.1) is 21.3 Å². The maximum atomic E-state index is 10.8. The maximum Gasteiger partial charge on any atom is 0.274 e. The molecule has 2 heterocycles. The number of rotatable bonds is 13. The van der Waals surface area contributed by atoms with Crippen LogP contribution >= 0.6 is 23.4 Å². The highest BCUT2D eigenvalue weighted by atomic mass is 35.5. The summed E-state index contributed by atoms with van der Waals surface area (Å²) in [4.78, 5) is 18.7. The SMILES string of the molecule is O=[N+]([O-])C=C(NCCCCc1ncccc1Cl)NCCSCc1ncccc1O. The van der Waals surface area contributed by atoms with Gasteiger partial charge in [-0.2, -0.15) is 11.8 Å². The van der Waals surface area contributed by atoms with Crippen LogP contribution < -0.4 is 10.6 Å². The lowest BCUT2D eigenvalue weighted by atomic mass is 10.2. The molecule has 0 fully saturated rings. The molecule has 0 radical (unpaired) electrons. The highest BCUT2D eigenvalue weighted by Crippen LogP contribution is 2.18. The third kappa shape index (κ3) is 9.01. The van der Waals surface area contributed by atoms with Gasteiger partial charge in [0.2, 0.25) is 0 Å². The predicted octanol–water partition coefficient (Wildman–Crippen LogP) is 3.35. The van der Waals surface area contributed by atoms with Crippen molar-refractivity contribution in [3.63, 3.8) is 0 Å². The largest absolute Gasteiger partial charge is 0.506 e. The lowest BCUT2D eigenvalue weighted by Crippen LogP contribution is -2.29. The van der Waals surface area contributed by atoms with Crippen LogP contribution in [-0.4, -0.2) is 38.8 Å². The van der Waals surface area contributed by atoms with E-state index >= 15 is 0 Å². The second kappa shape index (κ2) is 12.8. The first-order valence-corrected chi connectivity index (χ1v) is 10.7. The van der Waals surface area contributed by atoms with Gasteiger partial charge in [0, 0.05) is 37.0 Å². The molecule has 3 N–H and O–H groups in total. The second-order valence-corrected chi connectivity index (χ2v) is 7.60. The Balaban J connectivity index is 1.65. The molecule has 10 heteroatoms. The number of hydrogen-bond acceptors (Lipinski definition) is 8. The molecule has 0 aliphatic rings. The molecule has 2 rings (SSSR count). The van der Waals surface area contributed by atoms with Crippen LogP contribution in [0.15, 0.2) is 48.7 Å². The minimum Gasteiger partial charge on any atom is -0.506 e. The van der Waals surface area contributed by atoms with Gasteiger partial charge in [0.1, 0.15) is 5.75 Å². The van der Waals surface area contributed by atoms with Crippen molar-refractivity contribution in [3.8, 4) is 5.75 Å². The molecule has 8 nitrogen and oxygen atoms in total. The molecule has 156 valence electrons. The Kier molecular flexibility index (Phi) is 10.1. The van der Waals surface area contributed by atoms with Crippen LogP contribution in [0.4, 0.5) is 0 Å². The number of halogens is 1. The molecule has 0 spiro atoms. The van der Waals surface area contributed by atoms with Crippen LogP contribution in [0.3, 0.4) is 0 Å². The number of nitro groups is 1. The quantitative estimate of drug-likeness (QED) is 0.248. The molecule has 29 heavy (non-hydrogen) atoms. The number of aromatic hydroxyl groups is 1. The Bertz CT molecular complexity index is 764. The van der Waals surface area contributed by atoms with E-state index in [-0.39, 0.29) is 5.75 Å². The van der Waals surface area contributed by atoms with Crippen molar-refractivity contribution in [3.05, 3.63) is 75.2 Å². The molecular formula is C19H24ClN5O3S. The van der Waals surface area contributed by atoms with Crippen LogP contribution in [0.1, 0.15) is 24.2 Å². The van der Waals surface area contributed by atoms with Gasteiger partial charge in [-0.25, -0.2) is 0 Å². The lowest BCUT2D eigenvalue weighted by molar-refractivity contribution is -0.404. The molecule has 0 saturated heterocycles. The molecule has 2 aromatic heterocycles. The first kappa shape index (κ1) is 22.8. The van der Waals surface area contributed by atoms with Gasteiger partial charge in [0.25, 0.3) is 6.20 Å². The summed E-state index contributed by atoms with van der Waals surface area (Å²) in [6, 6.07) is 6.89. The zero-order chi connectivity index (χ0) is 20.9. The summed E-state index contributed by atoms with van der Waals surface area (Å²) in [5.41, 5.74) is 1.49. The molecule has 0 aliphatic heterocycles. The van der Waals surface area contributed by atoms with Crippen LogP contribution in [0.2, 0.25) is 5.02 Å². The fraction of sp³-hybridized carbons (Fsp3) is 0.368. The van der Waals surface area contributed by atoms with Crippen LogP contribution in [0.25, 0.3) is 0 Å². The van der Waals surface area contributed by atoms with E-state index in [0.29, 0.717) is 41.1 Å². The van der Waals surface area contributed by atoms with Gasteiger partial charge in [-0.3, -0.25) is 20.1 Å². The zero-order valence-corrected chi connectivity index (χ0v) is 17.5. The summed E-state index contributed by atoms with van der Waals surface area (Å²) >= 11 is 7.67. The number of nitrogens with one attached hydrogen (secondary N) is 2. The standard InChI is InChI=1S/C19H24ClN5O3S/c20-15-5-3-9-21-16(15)6-1-2-8-23-19(13-25(27)28)24-11-12-29-14-17-18(26)7-4-10-22-17/h3-5,7,9-10,13,23-24,26H,1-2,6,8,11-12,14H2. The number of aromatic nitrogens is 2. The third-order valence-electron chi connectivity index (χ3n) is 3.89. The molecule has 0 aromatic carbocycles. The normalized spacial score (nSPS) is 11.3. The van der Waals surface area contributed by atoms with E-state index in [1.807, 2.05) is 6.07 Å². The van der Waals surface area contributed by atoms with E-state index in [4.69, 9.17) is 11.6 Å². The van der Waals surface area contributed by atoms with E-state index in [0.717, 1.165) is 31.2 Å². The monoisotopic (exact) mass is 437 g/mol. The summed E-state index contributed by atoms with van der Waals surface area (Å²) in [7, 11) is 0. The van der Waals surface area contributed by atoms with Crippen LogP contribution in [0, 0.1) is 10.1 Å². The number of unbranched alkanes of at least 4 members (excludes halogenated alkanes) is 1. The molecule has 0 atom stereocenters. The van der Waals surface area contributed by atoms with E-state index in [1.54, 1.807) is 42.4 Å². The molecule has 0 bridgehead atoms. The number of pyridine rings is 2. The molecule has 0 amide bonds. The smallest absolute Gasteiger partial charge is 0.274 e. The second-order valence-electron chi connectivity index (χ2n) is 6.09. The highest BCUT2D eigenvalue weighted by molar-refractivity contribution is 7.98. The lowest BCUT2D eigenvalue weighted by Gasteiger charge is -2.11. The van der Waals surface area contributed by atoms with Gasteiger partial charge in [0.15, 0.2) is 5.82 Å². The third-order valence-corrected chi connectivity index (χ3v) is 5.21. The Labute approximate surface area is 178 Å². The average molecular weight is 438 g/mol. The minimum absolute atomic E-state index is 0.176. The van der Waals surface area contributed by atoms with Gasteiger partial charge >= 0.3 is 0 Å². The summed E-state index contributed by atoms with van der Waals surface area (Å²) in [5.74, 6) is 1.85. The van der Waals surface area contributed by atoms with Gasteiger partial charge in [-0.15, -0.1) is 0 Å².